The topological polar surface area (TPSA) is 29.1 Å². The van der Waals surface area contributed by atoms with Gasteiger partial charge in [-0.1, -0.05) is 0 Å². The van der Waals surface area contributed by atoms with Crippen LogP contribution in [-0.4, -0.2) is 29.8 Å². The highest BCUT2D eigenvalue weighted by atomic mass is 35.5. The Kier molecular flexibility index (Phi) is 6.87. The summed E-state index contributed by atoms with van der Waals surface area (Å²) in [6.07, 6.45) is 2.57. The highest BCUT2D eigenvalue weighted by molar-refractivity contribution is 7.98. The summed E-state index contributed by atoms with van der Waals surface area (Å²) in [4.78, 5) is 11.0. The van der Waals surface area contributed by atoms with E-state index in [1.165, 1.54) is 0 Å². The molecule has 1 atom stereocenters. The minimum Gasteiger partial charge on any atom is -0.352 e. The van der Waals surface area contributed by atoms with Gasteiger partial charge < -0.3 is 5.32 Å². The first-order valence-corrected chi connectivity index (χ1v) is 5.47. The Bertz CT molecular complexity index is 121. The Labute approximate surface area is 77.1 Å². The fourth-order valence-corrected chi connectivity index (χ4v) is 1.05. The van der Waals surface area contributed by atoms with Gasteiger partial charge in [-0.05, 0) is 13.2 Å². The largest absolute Gasteiger partial charge is 0.352 e. The monoisotopic (exact) mass is 195 g/mol. The van der Waals surface area contributed by atoms with Crippen LogP contribution in [0, 0.1) is 0 Å². The Morgan fingerprint density at radius 3 is 2.82 bits per heavy atom. The Morgan fingerprint density at radius 1 is 1.73 bits per heavy atom. The van der Waals surface area contributed by atoms with Crippen LogP contribution in [0.2, 0.25) is 0 Å². The van der Waals surface area contributed by atoms with Crippen molar-refractivity contribution >= 4 is 29.3 Å². The first-order valence-electron chi connectivity index (χ1n) is 3.55. The SMILES string of the molecule is CSCCC(=O)NC(C)CCl. The molecule has 1 N–H and O–H groups in total. The van der Waals surface area contributed by atoms with Crippen LogP contribution in [0.15, 0.2) is 0 Å². The normalized spacial score (nSPS) is 12.6. The molecule has 0 aromatic rings. The maximum absolute atomic E-state index is 11.0. The van der Waals surface area contributed by atoms with Gasteiger partial charge in [-0.3, -0.25) is 4.79 Å². The number of amides is 1. The van der Waals surface area contributed by atoms with Gasteiger partial charge in [0.15, 0.2) is 0 Å². The maximum atomic E-state index is 11.0. The number of hydrogen-bond donors (Lipinski definition) is 1. The quantitative estimate of drug-likeness (QED) is 0.674. The second-order valence-corrected chi connectivity index (χ2v) is 3.66. The number of nitrogens with one attached hydrogen (secondary N) is 1. The predicted molar refractivity (Wildman–Crippen MR) is 51.3 cm³/mol. The average molecular weight is 196 g/mol. The minimum absolute atomic E-state index is 0.0889. The van der Waals surface area contributed by atoms with Crippen LogP contribution < -0.4 is 5.32 Å². The van der Waals surface area contributed by atoms with E-state index in [1.54, 1.807) is 11.8 Å². The maximum Gasteiger partial charge on any atom is 0.221 e. The second-order valence-electron chi connectivity index (χ2n) is 2.37. The molecule has 0 bridgehead atoms. The number of thioether (sulfide) groups is 1. The van der Waals surface area contributed by atoms with E-state index in [9.17, 15) is 4.79 Å². The third kappa shape index (κ3) is 6.51. The smallest absolute Gasteiger partial charge is 0.221 e. The van der Waals surface area contributed by atoms with Crippen molar-refractivity contribution in [1.29, 1.82) is 0 Å². The minimum atomic E-state index is 0.0889. The lowest BCUT2D eigenvalue weighted by Crippen LogP contribution is -2.33. The zero-order valence-corrected chi connectivity index (χ0v) is 8.47. The summed E-state index contributed by atoms with van der Waals surface area (Å²) >= 11 is 7.18. The fraction of sp³-hybridized carbons (Fsp3) is 0.857. The van der Waals surface area contributed by atoms with Crippen LogP contribution in [-0.2, 0) is 4.79 Å². The zero-order chi connectivity index (χ0) is 8.69. The van der Waals surface area contributed by atoms with Crippen molar-refractivity contribution in [3.63, 3.8) is 0 Å². The number of hydrogen-bond acceptors (Lipinski definition) is 2. The van der Waals surface area contributed by atoms with Crippen molar-refractivity contribution in [2.45, 2.75) is 19.4 Å². The van der Waals surface area contributed by atoms with E-state index in [1.807, 2.05) is 13.2 Å². The molecule has 0 saturated carbocycles. The second kappa shape index (κ2) is 6.80. The first-order chi connectivity index (χ1) is 5.20. The molecule has 0 aliphatic carbocycles. The Hall–Kier alpha value is 0.110. The van der Waals surface area contributed by atoms with Crippen LogP contribution in [0.5, 0.6) is 0 Å². The molecular formula is C7H14ClNOS. The van der Waals surface area contributed by atoms with E-state index >= 15 is 0 Å². The lowest BCUT2D eigenvalue weighted by Gasteiger charge is -2.09. The van der Waals surface area contributed by atoms with Gasteiger partial charge in [0, 0.05) is 24.1 Å². The number of alkyl halides is 1. The molecule has 1 amide bonds. The third-order valence-corrected chi connectivity index (χ3v) is 2.25. The number of halogens is 1. The summed E-state index contributed by atoms with van der Waals surface area (Å²) in [5.74, 6) is 1.44. The molecule has 0 rings (SSSR count). The molecule has 0 aliphatic rings. The summed E-state index contributed by atoms with van der Waals surface area (Å²) in [6, 6.07) is 0.0889. The summed E-state index contributed by atoms with van der Waals surface area (Å²) < 4.78 is 0. The van der Waals surface area contributed by atoms with Crippen LogP contribution >= 0.6 is 23.4 Å². The van der Waals surface area contributed by atoms with Gasteiger partial charge in [0.1, 0.15) is 0 Å². The molecule has 0 heterocycles. The van der Waals surface area contributed by atoms with E-state index in [0.29, 0.717) is 12.3 Å². The van der Waals surface area contributed by atoms with Crippen molar-refractivity contribution in [1.82, 2.24) is 5.32 Å². The zero-order valence-electron chi connectivity index (χ0n) is 6.89. The van der Waals surface area contributed by atoms with Crippen molar-refractivity contribution in [3.8, 4) is 0 Å². The van der Waals surface area contributed by atoms with Gasteiger partial charge in [0.25, 0.3) is 0 Å². The molecule has 11 heavy (non-hydrogen) atoms. The molecule has 0 saturated heterocycles. The molecular weight excluding hydrogens is 182 g/mol. The molecule has 0 aromatic carbocycles. The molecule has 2 nitrogen and oxygen atoms in total. The van der Waals surface area contributed by atoms with E-state index in [0.717, 1.165) is 5.75 Å². The Morgan fingerprint density at radius 2 is 2.36 bits per heavy atom. The van der Waals surface area contributed by atoms with Crippen LogP contribution in [0.3, 0.4) is 0 Å². The number of rotatable bonds is 5. The average Bonchev–Trinajstić information content (AvgIpc) is 2.00. The summed E-state index contributed by atoms with van der Waals surface area (Å²) in [6.45, 7) is 1.89. The lowest BCUT2D eigenvalue weighted by molar-refractivity contribution is -0.121. The molecule has 4 heteroatoms. The lowest BCUT2D eigenvalue weighted by atomic mass is 10.3. The van der Waals surface area contributed by atoms with E-state index in [4.69, 9.17) is 11.6 Å². The molecule has 0 aromatic heterocycles. The van der Waals surface area contributed by atoms with Gasteiger partial charge in [-0.25, -0.2) is 0 Å². The van der Waals surface area contributed by atoms with Crippen LogP contribution in [0.1, 0.15) is 13.3 Å². The third-order valence-electron chi connectivity index (χ3n) is 1.17. The Balaban J connectivity index is 3.36. The molecule has 0 radical (unpaired) electrons. The highest BCUT2D eigenvalue weighted by Crippen LogP contribution is 1.95. The number of carbonyl (C=O) groups is 1. The molecule has 0 spiro atoms. The molecule has 0 aliphatic heterocycles. The first kappa shape index (κ1) is 11.1. The van der Waals surface area contributed by atoms with E-state index < -0.39 is 0 Å². The summed E-state index contributed by atoms with van der Waals surface area (Å²) in [5.41, 5.74) is 0. The predicted octanol–water partition coefficient (Wildman–Crippen LogP) is 1.48. The van der Waals surface area contributed by atoms with Crippen molar-refractivity contribution in [2.75, 3.05) is 17.9 Å². The highest BCUT2D eigenvalue weighted by Gasteiger charge is 2.04. The summed E-state index contributed by atoms with van der Waals surface area (Å²) in [5, 5.41) is 2.78. The standard InChI is InChI=1S/C7H14ClNOS/c1-6(5-8)9-7(10)3-4-11-2/h6H,3-5H2,1-2H3,(H,9,10). The van der Waals surface area contributed by atoms with Crippen LogP contribution in [0.25, 0.3) is 0 Å². The summed E-state index contributed by atoms with van der Waals surface area (Å²) in [7, 11) is 0. The van der Waals surface area contributed by atoms with E-state index in [-0.39, 0.29) is 11.9 Å². The molecule has 0 fully saturated rings. The van der Waals surface area contributed by atoms with Gasteiger partial charge in [-0.15, -0.1) is 11.6 Å². The van der Waals surface area contributed by atoms with Gasteiger partial charge in [-0.2, -0.15) is 11.8 Å². The number of carbonyl (C=O) groups excluding carboxylic acids is 1. The van der Waals surface area contributed by atoms with E-state index in [2.05, 4.69) is 5.32 Å². The fourth-order valence-electron chi connectivity index (χ4n) is 0.580. The molecule has 66 valence electrons. The van der Waals surface area contributed by atoms with Crippen molar-refractivity contribution in [3.05, 3.63) is 0 Å². The van der Waals surface area contributed by atoms with Gasteiger partial charge in [0.2, 0.25) is 5.91 Å². The van der Waals surface area contributed by atoms with Gasteiger partial charge in [0.05, 0.1) is 0 Å². The molecule has 1 unspecified atom stereocenters. The van der Waals surface area contributed by atoms with Crippen molar-refractivity contribution in [2.24, 2.45) is 0 Å². The van der Waals surface area contributed by atoms with Crippen molar-refractivity contribution < 1.29 is 4.79 Å². The van der Waals surface area contributed by atoms with Gasteiger partial charge >= 0.3 is 0 Å². The van der Waals surface area contributed by atoms with Crippen LogP contribution in [0.4, 0.5) is 0 Å².